The fourth-order valence-corrected chi connectivity index (χ4v) is 2.63. The summed E-state index contributed by atoms with van der Waals surface area (Å²) in [6, 6.07) is 3.05. The second kappa shape index (κ2) is 15.5. The molecule has 28 heavy (non-hydrogen) atoms. The first-order chi connectivity index (χ1) is 12.5. The zero-order valence-corrected chi connectivity index (χ0v) is 21.1. The van der Waals surface area contributed by atoms with Gasteiger partial charge in [-0.1, -0.05) is 19.1 Å². The normalized spacial score (nSPS) is 31.7. The smallest absolute Gasteiger partial charge is 0.0379 e. The highest BCUT2D eigenvalue weighted by molar-refractivity contribution is 5.75. The van der Waals surface area contributed by atoms with Gasteiger partial charge in [-0.2, -0.15) is 0 Å². The Bertz CT molecular complexity index is 388. The van der Waals surface area contributed by atoms with Gasteiger partial charge in [0.1, 0.15) is 0 Å². The molecular formula is C23H51BN4. The summed E-state index contributed by atoms with van der Waals surface area (Å²) in [7, 11) is 10.6. The van der Waals surface area contributed by atoms with Crippen molar-refractivity contribution in [1.82, 2.24) is 19.6 Å². The van der Waals surface area contributed by atoms with Crippen LogP contribution in [0.4, 0.5) is 0 Å². The van der Waals surface area contributed by atoms with Gasteiger partial charge in [0.2, 0.25) is 0 Å². The van der Waals surface area contributed by atoms with E-state index in [9.17, 15) is 0 Å². The Labute approximate surface area is 179 Å². The zero-order valence-electron chi connectivity index (χ0n) is 21.1. The minimum Gasteiger partial charge on any atom is -0.307 e. The van der Waals surface area contributed by atoms with Gasteiger partial charge in [0.15, 0.2) is 0 Å². The Balaban J connectivity index is 0. The lowest BCUT2D eigenvalue weighted by atomic mass is 9.94. The van der Waals surface area contributed by atoms with Crippen molar-refractivity contribution in [1.29, 1.82) is 0 Å². The monoisotopic (exact) mass is 394 g/mol. The fourth-order valence-electron chi connectivity index (χ4n) is 2.63. The standard InChI is InChI=1S/C8H17N.C6H11N.C5H13N.C4H9N.BH/c1-7-4-5-9(3)8(2)6-7;1-6-4-3-5-7(6)2;1-5(2)6(3)4;1-4-3-5(4)2;/h7-8H,4-6H2,1-3H3;3-4,6H,5H2,1-2H3;5H,1-4H3;4H,3H2,1-2H3;1H. The van der Waals surface area contributed by atoms with Crippen LogP contribution in [0.2, 0.25) is 0 Å². The minimum absolute atomic E-state index is 0. The molecule has 2 radical (unpaired) electrons. The first-order valence-electron chi connectivity index (χ1n) is 10.9. The molecule has 3 aliphatic heterocycles. The fraction of sp³-hybridized carbons (Fsp3) is 0.913. The molecule has 0 aromatic carbocycles. The van der Waals surface area contributed by atoms with E-state index in [-0.39, 0.29) is 8.41 Å². The van der Waals surface area contributed by atoms with Crippen molar-refractivity contribution in [2.75, 3.05) is 54.9 Å². The minimum atomic E-state index is 0. The van der Waals surface area contributed by atoms with E-state index in [1.165, 1.54) is 25.9 Å². The highest BCUT2D eigenvalue weighted by atomic mass is 15.3. The molecule has 2 saturated heterocycles. The molecule has 5 atom stereocenters. The Morgan fingerprint density at radius 2 is 1.36 bits per heavy atom. The molecule has 3 aliphatic rings. The van der Waals surface area contributed by atoms with Crippen LogP contribution < -0.4 is 0 Å². The average Bonchev–Trinajstić information content (AvgIpc) is 3.09. The summed E-state index contributed by atoms with van der Waals surface area (Å²) < 4.78 is 0. The van der Waals surface area contributed by atoms with E-state index in [1.54, 1.807) is 0 Å². The van der Waals surface area contributed by atoms with Crippen LogP contribution in [0.15, 0.2) is 12.2 Å². The Morgan fingerprint density at radius 3 is 1.54 bits per heavy atom. The maximum atomic E-state index is 2.44. The number of rotatable bonds is 1. The number of hydrogen-bond donors (Lipinski definition) is 0. The van der Waals surface area contributed by atoms with Crippen molar-refractivity contribution in [2.24, 2.45) is 5.92 Å². The van der Waals surface area contributed by atoms with Gasteiger partial charge in [-0.25, -0.2) is 0 Å². The lowest BCUT2D eigenvalue weighted by Crippen LogP contribution is -2.36. The summed E-state index contributed by atoms with van der Waals surface area (Å²) in [5, 5.41) is 0. The van der Waals surface area contributed by atoms with Crippen molar-refractivity contribution in [3.8, 4) is 0 Å². The van der Waals surface area contributed by atoms with Gasteiger partial charge < -0.3 is 14.7 Å². The molecule has 0 N–H and O–H groups in total. The van der Waals surface area contributed by atoms with Crippen LogP contribution in [0.25, 0.3) is 0 Å². The molecule has 0 bridgehead atoms. The molecule has 0 aliphatic carbocycles. The molecule has 0 spiro atoms. The Kier molecular flexibility index (Phi) is 16.5. The molecule has 0 saturated carbocycles. The maximum Gasteiger partial charge on any atom is 0.0379 e. The van der Waals surface area contributed by atoms with Crippen LogP contribution in [0, 0.1) is 5.92 Å². The topological polar surface area (TPSA) is 12.7 Å². The van der Waals surface area contributed by atoms with Gasteiger partial charge in [0.05, 0.1) is 0 Å². The van der Waals surface area contributed by atoms with Crippen molar-refractivity contribution in [3.63, 3.8) is 0 Å². The van der Waals surface area contributed by atoms with E-state index in [1.807, 2.05) is 0 Å². The maximum absolute atomic E-state index is 2.44. The molecule has 2 fully saturated rings. The second-order valence-corrected chi connectivity index (χ2v) is 9.41. The summed E-state index contributed by atoms with van der Waals surface area (Å²) >= 11 is 0. The highest BCUT2D eigenvalue weighted by Gasteiger charge is 2.22. The lowest BCUT2D eigenvalue weighted by molar-refractivity contribution is 0.162. The highest BCUT2D eigenvalue weighted by Crippen LogP contribution is 2.19. The Morgan fingerprint density at radius 1 is 0.893 bits per heavy atom. The van der Waals surface area contributed by atoms with E-state index in [4.69, 9.17) is 0 Å². The average molecular weight is 395 g/mol. The van der Waals surface area contributed by atoms with E-state index in [2.05, 4.69) is 109 Å². The van der Waals surface area contributed by atoms with E-state index >= 15 is 0 Å². The summed E-state index contributed by atoms with van der Waals surface area (Å²) in [6.45, 7) is 17.1. The van der Waals surface area contributed by atoms with Gasteiger partial charge >= 0.3 is 0 Å². The van der Waals surface area contributed by atoms with Gasteiger partial charge in [-0.3, -0.25) is 4.90 Å². The molecule has 0 aromatic heterocycles. The van der Waals surface area contributed by atoms with Crippen molar-refractivity contribution >= 4 is 8.41 Å². The molecule has 5 unspecified atom stereocenters. The summed E-state index contributed by atoms with van der Waals surface area (Å²) in [5.74, 6) is 0.955. The number of likely N-dealkylation sites (tertiary alicyclic amines) is 1. The van der Waals surface area contributed by atoms with Crippen LogP contribution in [-0.2, 0) is 0 Å². The lowest BCUT2D eigenvalue weighted by Gasteiger charge is -2.33. The van der Waals surface area contributed by atoms with Gasteiger partial charge in [0.25, 0.3) is 0 Å². The predicted molar refractivity (Wildman–Crippen MR) is 130 cm³/mol. The Hall–Kier alpha value is -0.355. The van der Waals surface area contributed by atoms with Crippen LogP contribution in [0.3, 0.4) is 0 Å². The van der Waals surface area contributed by atoms with Gasteiger partial charge in [0, 0.05) is 45.7 Å². The van der Waals surface area contributed by atoms with E-state index in [0.29, 0.717) is 12.1 Å². The molecule has 0 aromatic rings. The van der Waals surface area contributed by atoms with E-state index in [0.717, 1.165) is 24.5 Å². The number of likely N-dealkylation sites (N-methyl/N-ethyl adjacent to an activating group) is 2. The molecule has 0 amide bonds. The molecule has 4 nitrogen and oxygen atoms in total. The zero-order chi connectivity index (χ0) is 21.1. The van der Waals surface area contributed by atoms with Gasteiger partial charge in [-0.15, -0.1) is 0 Å². The molecule has 3 rings (SSSR count). The van der Waals surface area contributed by atoms with E-state index < -0.39 is 0 Å². The van der Waals surface area contributed by atoms with Crippen LogP contribution >= 0.6 is 0 Å². The quantitative estimate of drug-likeness (QED) is 0.384. The summed E-state index contributed by atoms with van der Waals surface area (Å²) in [4.78, 5) is 9.19. The number of piperidine rings is 1. The molecule has 166 valence electrons. The number of nitrogens with zero attached hydrogens (tertiary/aromatic N) is 4. The van der Waals surface area contributed by atoms with Crippen molar-refractivity contribution in [2.45, 2.75) is 78.6 Å². The molecule has 5 heteroatoms. The molecule has 3 heterocycles. The van der Waals surface area contributed by atoms with Crippen molar-refractivity contribution in [3.05, 3.63) is 12.2 Å². The first-order valence-corrected chi connectivity index (χ1v) is 10.9. The van der Waals surface area contributed by atoms with Crippen LogP contribution in [-0.4, -0.2) is 107 Å². The third-order valence-electron chi connectivity index (χ3n) is 6.18. The van der Waals surface area contributed by atoms with Crippen LogP contribution in [0.1, 0.15) is 54.4 Å². The van der Waals surface area contributed by atoms with Crippen LogP contribution in [0.5, 0.6) is 0 Å². The van der Waals surface area contributed by atoms with Crippen molar-refractivity contribution < 1.29 is 0 Å². The third kappa shape index (κ3) is 14.6. The SMILES string of the molecule is CC(C)N(C)C.CC1C=CCN1C.CC1CCN(C)C(C)C1.CC1CN1C.[BH]. The second-order valence-electron chi connectivity index (χ2n) is 9.41. The largest absolute Gasteiger partial charge is 0.307 e. The third-order valence-corrected chi connectivity index (χ3v) is 6.18. The van der Waals surface area contributed by atoms with Gasteiger partial charge in [-0.05, 0) is 95.2 Å². The summed E-state index contributed by atoms with van der Waals surface area (Å²) in [5.41, 5.74) is 0. The number of hydrogen-bond acceptors (Lipinski definition) is 4. The molecular weight excluding hydrogens is 343 g/mol. The first kappa shape index (κ1) is 29.8. The predicted octanol–water partition coefficient (Wildman–Crippen LogP) is 3.24. The summed E-state index contributed by atoms with van der Waals surface area (Å²) in [6.07, 6.45) is 7.20.